The fraction of sp³-hybridized carbons (Fsp3) is 0.593. The average Bonchev–Trinajstić information content (AvgIpc) is 3.54. The molecule has 0 aliphatic carbocycles. The van der Waals surface area contributed by atoms with Crippen molar-refractivity contribution in [3.05, 3.63) is 36.1 Å². The van der Waals surface area contributed by atoms with Gasteiger partial charge >= 0.3 is 6.03 Å². The molecule has 188 valence electrons. The number of benzene rings is 1. The summed E-state index contributed by atoms with van der Waals surface area (Å²) in [6.07, 6.45) is 5.91. The van der Waals surface area contributed by atoms with Gasteiger partial charge in [-0.3, -0.25) is 14.5 Å². The molecule has 4 heterocycles. The number of likely N-dealkylation sites (tertiary alicyclic amines) is 2. The van der Waals surface area contributed by atoms with Gasteiger partial charge < -0.3 is 19.5 Å². The van der Waals surface area contributed by atoms with Gasteiger partial charge in [0.05, 0.1) is 0 Å². The van der Waals surface area contributed by atoms with Crippen molar-refractivity contribution in [2.75, 3.05) is 33.2 Å². The van der Waals surface area contributed by atoms with Crippen molar-refractivity contribution in [3.8, 4) is 0 Å². The van der Waals surface area contributed by atoms with Gasteiger partial charge in [0.15, 0.2) is 5.76 Å². The second-order valence-corrected chi connectivity index (χ2v) is 10.4. The highest BCUT2D eigenvalue weighted by Crippen LogP contribution is 2.38. The van der Waals surface area contributed by atoms with Crippen LogP contribution >= 0.6 is 0 Å². The Hall–Kier alpha value is -2.87. The number of amides is 4. The van der Waals surface area contributed by atoms with E-state index in [1.165, 1.54) is 11.3 Å². The van der Waals surface area contributed by atoms with Gasteiger partial charge in [-0.25, -0.2) is 4.79 Å². The summed E-state index contributed by atoms with van der Waals surface area (Å²) < 4.78 is 5.78. The molecular formula is C27H36N4O4. The van der Waals surface area contributed by atoms with E-state index in [0.717, 1.165) is 31.2 Å². The minimum atomic E-state index is -0.859. The van der Waals surface area contributed by atoms with Gasteiger partial charge in [-0.15, -0.1) is 0 Å². The Labute approximate surface area is 206 Å². The van der Waals surface area contributed by atoms with E-state index in [1.807, 2.05) is 29.2 Å². The number of rotatable bonds is 7. The van der Waals surface area contributed by atoms with Crippen molar-refractivity contribution in [1.82, 2.24) is 20.0 Å². The minimum Gasteiger partial charge on any atom is -0.451 e. The van der Waals surface area contributed by atoms with Crippen LogP contribution in [-0.2, 0) is 4.79 Å². The minimum absolute atomic E-state index is 0.0118. The number of urea groups is 1. The van der Waals surface area contributed by atoms with E-state index in [2.05, 4.69) is 24.2 Å². The molecule has 0 saturated carbocycles. The summed E-state index contributed by atoms with van der Waals surface area (Å²) in [5, 5.41) is 4.03. The number of piperidine rings is 1. The van der Waals surface area contributed by atoms with Gasteiger partial charge in [0.25, 0.3) is 11.8 Å². The van der Waals surface area contributed by atoms with Crippen molar-refractivity contribution in [2.24, 2.45) is 5.92 Å². The highest BCUT2D eigenvalue weighted by molar-refractivity contribution is 6.07. The van der Waals surface area contributed by atoms with Gasteiger partial charge in [-0.05, 0) is 70.2 Å². The van der Waals surface area contributed by atoms with E-state index in [9.17, 15) is 14.4 Å². The molecule has 8 heteroatoms. The van der Waals surface area contributed by atoms with Crippen molar-refractivity contribution >= 4 is 28.8 Å². The van der Waals surface area contributed by atoms with E-state index in [4.69, 9.17) is 4.42 Å². The Balaban J connectivity index is 1.25. The van der Waals surface area contributed by atoms with E-state index in [1.54, 1.807) is 6.07 Å². The molecule has 2 atom stereocenters. The summed E-state index contributed by atoms with van der Waals surface area (Å²) in [6, 6.07) is 9.57. The Morgan fingerprint density at radius 3 is 2.60 bits per heavy atom. The van der Waals surface area contributed by atoms with Gasteiger partial charge in [-0.1, -0.05) is 31.5 Å². The number of imide groups is 1. The summed E-state index contributed by atoms with van der Waals surface area (Å²) in [5.74, 6) is 0.166. The molecule has 0 spiro atoms. The maximum atomic E-state index is 13.7. The van der Waals surface area contributed by atoms with Gasteiger partial charge in [-0.2, -0.15) is 0 Å². The molecule has 35 heavy (non-hydrogen) atoms. The Morgan fingerprint density at radius 1 is 1.14 bits per heavy atom. The van der Waals surface area contributed by atoms with Crippen molar-refractivity contribution in [1.29, 1.82) is 0 Å². The second-order valence-electron chi connectivity index (χ2n) is 10.4. The third kappa shape index (κ3) is 4.33. The topological polar surface area (TPSA) is 86.1 Å². The Morgan fingerprint density at radius 2 is 1.91 bits per heavy atom. The maximum Gasteiger partial charge on any atom is 0.325 e. The molecule has 1 aromatic carbocycles. The van der Waals surface area contributed by atoms with Crippen LogP contribution in [0.3, 0.4) is 0 Å². The number of furan rings is 1. The van der Waals surface area contributed by atoms with Crippen LogP contribution in [0.1, 0.15) is 62.4 Å². The monoisotopic (exact) mass is 480 g/mol. The quantitative estimate of drug-likeness (QED) is 0.608. The van der Waals surface area contributed by atoms with Crippen LogP contribution in [0.5, 0.6) is 0 Å². The molecule has 5 rings (SSSR count). The summed E-state index contributed by atoms with van der Waals surface area (Å²) in [6.45, 7) is 4.69. The van der Waals surface area contributed by atoms with Gasteiger partial charge in [0.1, 0.15) is 11.1 Å². The number of nitrogens with zero attached hydrogens (tertiary/aromatic N) is 3. The SMILES string of the molecule is CCC[C@@]1(C2CCN(C(=O)c3cc4ccccc4o3)CC2)NC(=O)N(CC[C@@H]2CCCN2C)C1=O. The summed E-state index contributed by atoms with van der Waals surface area (Å²) in [4.78, 5) is 45.3. The highest BCUT2D eigenvalue weighted by Gasteiger charge is 2.55. The molecular weight excluding hydrogens is 444 g/mol. The zero-order valence-electron chi connectivity index (χ0n) is 20.8. The number of para-hydroxylation sites is 1. The van der Waals surface area contributed by atoms with Gasteiger partial charge in [0.2, 0.25) is 0 Å². The number of fused-ring (bicyclic) bond motifs is 1. The number of hydrogen-bond donors (Lipinski definition) is 1. The molecule has 0 radical (unpaired) electrons. The number of nitrogens with one attached hydrogen (secondary N) is 1. The predicted molar refractivity (Wildman–Crippen MR) is 133 cm³/mol. The van der Waals surface area contributed by atoms with E-state index < -0.39 is 5.54 Å². The normalized spacial score (nSPS) is 26.2. The fourth-order valence-corrected chi connectivity index (χ4v) is 6.33. The number of hydrogen-bond acceptors (Lipinski definition) is 5. The molecule has 2 aromatic rings. The Bertz CT molecular complexity index is 1070. The molecule has 0 unspecified atom stereocenters. The lowest BCUT2D eigenvalue weighted by Gasteiger charge is -2.40. The zero-order valence-corrected chi connectivity index (χ0v) is 20.8. The van der Waals surface area contributed by atoms with Crippen LogP contribution in [0.25, 0.3) is 11.0 Å². The highest BCUT2D eigenvalue weighted by atomic mass is 16.3. The fourth-order valence-electron chi connectivity index (χ4n) is 6.33. The first-order valence-corrected chi connectivity index (χ1v) is 13.0. The van der Waals surface area contributed by atoms with Crippen molar-refractivity contribution < 1.29 is 18.8 Å². The summed E-state index contributed by atoms with van der Waals surface area (Å²) in [5.41, 5.74) is -0.155. The van der Waals surface area contributed by atoms with Crippen molar-refractivity contribution in [2.45, 2.75) is 63.5 Å². The molecule has 8 nitrogen and oxygen atoms in total. The van der Waals surface area contributed by atoms with Crippen molar-refractivity contribution in [3.63, 3.8) is 0 Å². The first-order valence-electron chi connectivity index (χ1n) is 13.0. The first kappa shape index (κ1) is 23.9. The summed E-state index contributed by atoms with van der Waals surface area (Å²) in [7, 11) is 2.12. The lowest BCUT2D eigenvalue weighted by Crippen LogP contribution is -2.56. The summed E-state index contributed by atoms with van der Waals surface area (Å²) >= 11 is 0. The lowest BCUT2D eigenvalue weighted by molar-refractivity contribution is -0.134. The maximum absolute atomic E-state index is 13.7. The largest absolute Gasteiger partial charge is 0.451 e. The molecule has 3 aliphatic rings. The third-order valence-electron chi connectivity index (χ3n) is 8.32. The smallest absolute Gasteiger partial charge is 0.325 e. The molecule has 3 saturated heterocycles. The molecule has 1 N–H and O–H groups in total. The number of carbonyl (C=O) groups excluding carboxylic acids is 3. The van der Waals surface area contributed by atoms with Crippen LogP contribution in [0.15, 0.2) is 34.7 Å². The predicted octanol–water partition coefficient (Wildman–Crippen LogP) is 3.86. The van der Waals surface area contributed by atoms with Crippen LogP contribution in [0.2, 0.25) is 0 Å². The lowest BCUT2D eigenvalue weighted by atomic mass is 9.74. The van der Waals surface area contributed by atoms with E-state index >= 15 is 0 Å². The Kier molecular flexibility index (Phi) is 6.57. The molecule has 4 amide bonds. The molecule has 3 fully saturated rings. The molecule has 0 bridgehead atoms. The van der Waals surface area contributed by atoms with E-state index in [0.29, 0.717) is 56.3 Å². The van der Waals surface area contributed by atoms with Crippen LogP contribution in [-0.4, -0.2) is 77.4 Å². The third-order valence-corrected chi connectivity index (χ3v) is 8.32. The van der Waals surface area contributed by atoms with Crippen LogP contribution < -0.4 is 5.32 Å². The standard InChI is InChI=1S/C27H36N4O4/c1-3-13-27(25(33)31(26(34)28-27)17-12-21-8-6-14-29(21)2)20-10-15-30(16-11-20)24(32)23-18-19-7-4-5-9-22(19)35-23/h4-5,7,9,18,20-21H,3,6,8,10-17H2,1-2H3,(H,28,34)/t21-,27-/m0/s1. The van der Waals surface area contributed by atoms with Crippen LogP contribution in [0.4, 0.5) is 4.79 Å². The molecule has 3 aliphatic heterocycles. The van der Waals surface area contributed by atoms with E-state index in [-0.39, 0.29) is 23.8 Å². The average molecular weight is 481 g/mol. The second kappa shape index (κ2) is 9.64. The van der Waals surface area contributed by atoms with Crippen LogP contribution in [0, 0.1) is 5.92 Å². The first-order chi connectivity index (χ1) is 16.9. The van der Waals surface area contributed by atoms with Gasteiger partial charge in [0, 0.05) is 31.1 Å². The zero-order chi connectivity index (χ0) is 24.6. The number of carbonyl (C=O) groups is 3. The molecule has 1 aromatic heterocycles.